The van der Waals surface area contributed by atoms with Crippen LogP contribution in [0, 0.1) is 5.82 Å². The normalized spacial score (nSPS) is 16.6. The van der Waals surface area contributed by atoms with Gasteiger partial charge in [-0.25, -0.2) is 9.18 Å². The molecule has 0 fully saturated rings. The van der Waals surface area contributed by atoms with Crippen molar-refractivity contribution in [2.45, 2.75) is 13.3 Å². The molecular formula is C12H13FN2O3. The highest BCUT2D eigenvalue weighted by Crippen LogP contribution is 2.28. The van der Waals surface area contributed by atoms with E-state index in [2.05, 4.69) is 5.16 Å². The van der Waals surface area contributed by atoms with E-state index in [1.54, 1.807) is 6.92 Å². The minimum Gasteiger partial charge on any atom is -0.449 e. The zero-order chi connectivity index (χ0) is 13.1. The highest BCUT2D eigenvalue weighted by atomic mass is 19.1. The highest BCUT2D eigenvalue weighted by molar-refractivity contribution is 6.10. The van der Waals surface area contributed by atoms with E-state index in [4.69, 9.17) is 9.94 Å². The van der Waals surface area contributed by atoms with Gasteiger partial charge in [0.05, 0.1) is 18.0 Å². The van der Waals surface area contributed by atoms with Gasteiger partial charge in [-0.2, -0.15) is 0 Å². The second-order valence-electron chi connectivity index (χ2n) is 3.81. The van der Waals surface area contributed by atoms with Crippen LogP contribution in [0.4, 0.5) is 14.9 Å². The maximum atomic E-state index is 13.2. The Morgan fingerprint density at radius 1 is 1.61 bits per heavy atom. The van der Waals surface area contributed by atoms with E-state index in [1.807, 2.05) is 0 Å². The fourth-order valence-corrected chi connectivity index (χ4v) is 1.94. The SMILES string of the molecule is CCOC(=O)N1CCC(=NO)c2cc(F)ccc21. The monoisotopic (exact) mass is 252 g/mol. The number of carbonyl (C=O) groups is 1. The van der Waals surface area contributed by atoms with Crippen molar-refractivity contribution in [2.24, 2.45) is 5.16 Å². The van der Waals surface area contributed by atoms with Crippen LogP contribution in [-0.2, 0) is 4.74 Å². The first-order valence-corrected chi connectivity index (χ1v) is 5.62. The maximum Gasteiger partial charge on any atom is 0.414 e. The lowest BCUT2D eigenvalue weighted by Crippen LogP contribution is -2.38. The lowest BCUT2D eigenvalue weighted by atomic mass is 10.00. The molecule has 2 rings (SSSR count). The highest BCUT2D eigenvalue weighted by Gasteiger charge is 2.27. The van der Waals surface area contributed by atoms with Crippen LogP contribution in [0.25, 0.3) is 0 Å². The summed E-state index contributed by atoms with van der Waals surface area (Å²) in [6.45, 7) is 2.33. The number of anilines is 1. The van der Waals surface area contributed by atoms with E-state index in [1.165, 1.54) is 23.1 Å². The molecule has 1 aromatic carbocycles. The van der Waals surface area contributed by atoms with Gasteiger partial charge in [-0.15, -0.1) is 0 Å². The Morgan fingerprint density at radius 3 is 3.06 bits per heavy atom. The van der Waals surface area contributed by atoms with E-state index in [0.29, 0.717) is 29.9 Å². The Bertz CT molecular complexity index is 502. The van der Waals surface area contributed by atoms with E-state index in [-0.39, 0.29) is 6.61 Å². The average molecular weight is 252 g/mol. The van der Waals surface area contributed by atoms with E-state index in [0.717, 1.165) is 0 Å². The summed E-state index contributed by atoms with van der Waals surface area (Å²) in [6.07, 6.45) is -0.131. The first-order valence-electron chi connectivity index (χ1n) is 5.62. The molecule has 0 aliphatic carbocycles. The van der Waals surface area contributed by atoms with Gasteiger partial charge in [-0.1, -0.05) is 5.16 Å². The molecule has 18 heavy (non-hydrogen) atoms. The third kappa shape index (κ3) is 2.13. The van der Waals surface area contributed by atoms with E-state index >= 15 is 0 Å². The lowest BCUT2D eigenvalue weighted by Gasteiger charge is -2.28. The standard InChI is InChI=1S/C12H13FN2O3/c1-2-18-12(16)15-6-5-10(14-17)9-7-8(13)3-4-11(9)15/h3-4,7,17H,2,5-6H2,1H3. The number of rotatable bonds is 1. The van der Waals surface area contributed by atoms with Crippen molar-refractivity contribution in [1.29, 1.82) is 0 Å². The van der Waals surface area contributed by atoms with Crippen molar-refractivity contribution < 1.29 is 19.1 Å². The second kappa shape index (κ2) is 5.03. The molecule has 1 aliphatic rings. The summed E-state index contributed by atoms with van der Waals surface area (Å²) in [5.74, 6) is -0.444. The van der Waals surface area contributed by atoms with Crippen LogP contribution < -0.4 is 4.90 Å². The molecule has 5 nitrogen and oxygen atoms in total. The zero-order valence-corrected chi connectivity index (χ0v) is 9.89. The van der Waals surface area contributed by atoms with Gasteiger partial charge in [-0.3, -0.25) is 4.90 Å². The average Bonchev–Trinajstić information content (AvgIpc) is 2.37. The summed E-state index contributed by atoms with van der Waals surface area (Å²) in [4.78, 5) is 13.2. The fraction of sp³-hybridized carbons (Fsp3) is 0.333. The Morgan fingerprint density at radius 2 is 2.39 bits per heavy atom. The molecule has 96 valence electrons. The molecule has 1 amide bonds. The Kier molecular flexibility index (Phi) is 3.45. The Hall–Kier alpha value is -2.11. The van der Waals surface area contributed by atoms with Gasteiger partial charge in [0.15, 0.2) is 0 Å². The van der Waals surface area contributed by atoms with E-state index < -0.39 is 11.9 Å². The number of ether oxygens (including phenoxy) is 1. The van der Waals surface area contributed by atoms with Crippen LogP contribution in [0.1, 0.15) is 18.9 Å². The van der Waals surface area contributed by atoms with Crippen molar-refractivity contribution >= 4 is 17.5 Å². The van der Waals surface area contributed by atoms with Crippen LogP contribution >= 0.6 is 0 Å². The summed E-state index contributed by atoms with van der Waals surface area (Å²) >= 11 is 0. The molecule has 1 aromatic rings. The molecule has 0 aromatic heterocycles. The first-order chi connectivity index (χ1) is 8.67. The molecule has 0 bridgehead atoms. The van der Waals surface area contributed by atoms with Crippen LogP contribution in [-0.4, -0.2) is 30.2 Å². The Balaban J connectivity index is 2.43. The molecule has 0 spiro atoms. The van der Waals surface area contributed by atoms with Crippen LogP contribution in [0.15, 0.2) is 23.4 Å². The summed E-state index contributed by atoms with van der Waals surface area (Å²) < 4.78 is 18.1. The van der Waals surface area contributed by atoms with Gasteiger partial charge in [0.1, 0.15) is 5.82 Å². The molecule has 0 atom stereocenters. The van der Waals surface area contributed by atoms with Crippen molar-refractivity contribution in [3.05, 3.63) is 29.6 Å². The van der Waals surface area contributed by atoms with Gasteiger partial charge in [-0.05, 0) is 25.1 Å². The molecule has 1 aliphatic heterocycles. The van der Waals surface area contributed by atoms with Crippen molar-refractivity contribution in [3.8, 4) is 0 Å². The van der Waals surface area contributed by atoms with Gasteiger partial charge >= 0.3 is 6.09 Å². The number of hydrogen-bond donors (Lipinski definition) is 1. The number of carbonyl (C=O) groups excluding carboxylic acids is 1. The second-order valence-corrected chi connectivity index (χ2v) is 3.81. The molecule has 0 radical (unpaired) electrons. The van der Waals surface area contributed by atoms with Gasteiger partial charge < -0.3 is 9.94 Å². The molecule has 0 unspecified atom stereocenters. The predicted molar refractivity (Wildman–Crippen MR) is 63.7 cm³/mol. The summed E-state index contributed by atoms with van der Waals surface area (Å²) in [5, 5.41) is 12.0. The number of oxime groups is 1. The molecule has 1 N–H and O–H groups in total. The van der Waals surface area contributed by atoms with Crippen molar-refractivity contribution in [2.75, 3.05) is 18.1 Å². The molecular weight excluding hydrogens is 239 g/mol. The summed E-state index contributed by atoms with van der Waals surface area (Å²) in [7, 11) is 0. The number of nitrogens with zero attached hydrogens (tertiary/aromatic N) is 2. The summed E-state index contributed by atoms with van der Waals surface area (Å²) in [5.41, 5.74) is 1.27. The third-order valence-electron chi connectivity index (χ3n) is 2.74. The topological polar surface area (TPSA) is 62.1 Å². The van der Waals surface area contributed by atoms with Gasteiger partial charge in [0, 0.05) is 18.5 Å². The number of amides is 1. The van der Waals surface area contributed by atoms with Crippen LogP contribution in [0.3, 0.4) is 0 Å². The van der Waals surface area contributed by atoms with E-state index in [9.17, 15) is 9.18 Å². The fourth-order valence-electron chi connectivity index (χ4n) is 1.94. The molecule has 0 saturated carbocycles. The first kappa shape index (κ1) is 12.3. The molecule has 1 heterocycles. The number of hydrogen-bond acceptors (Lipinski definition) is 4. The number of benzene rings is 1. The third-order valence-corrected chi connectivity index (χ3v) is 2.74. The minimum atomic E-state index is -0.484. The molecule has 0 saturated heterocycles. The predicted octanol–water partition coefficient (Wildman–Crippen LogP) is 2.37. The quantitative estimate of drug-likeness (QED) is 0.616. The minimum absolute atomic E-state index is 0.271. The number of halogens is 1. The zero-order valence-electron chi connectivity index (χ0n) is 9.89. The Labute approximate surface area is 103 Å². The maximum absolute atomic E-state index is 13.2. The van der Waals surface area contributed by atoms with Gasteiger partial charge in [0.2, 0.25) is 0 Å². The van der Waals surface area contributed by atoms with Crippen LogP contribution in [0.2, 0.25) is 0 Å². The number of fused-ring (bicyclic) bond motifs is 1. The summed E-state index contributed by atoms with van der Waals surface area (Å²) in [6, 6.07) is 3.98. The van der Waals surface area contributed by atoms with Crippen molar-refractivity contribution in [3.63, 3.8) is 0 Å². The molecule has 6 heteroatoms. The van der Waals surface area contributed by atoms with Crippen molar-refractivity contribution in [1.82, 2.24) is 0 Å². The lowest BCUT2D eigenvalue weighted by molar-refractivity contribution is 0.159. The van der Waals surface area contributed by atoms with Crippen LogP contribution in [0.5, 0.6) is 0 Å². The largest absolute Gasteiger partial charge is 0.449 e. The smallest absolute Gasteiger partial charge is 0.414 e. The van der Waals surface area contributed by atoms with Gasteiger partial charge in [0.25, 0.3) is 0 Å².